The third-order valence-corrected chi connectivity index (χ3v) is 3.11. The molecule has 0 atom stereocenters. The molecule has 2 aromatic rings. The van der Waals surface area contributed by atoms with E-state index in [1.807, 2.05) is 24.4 Å². The van der Waals surface area contributed by atoms with Crippen molar-refractivity contribution >= 4 is 32.8 Å². The fraction of sp³-hybridized carbons (Fsp3) is 0.273. The molecule has 76 valence electrons. The Morgan fingerprint density at radius 1 is 1.33 bits per heavy atom. The second kappa shape index (κ2) is 3.45. The van der Waals surface area contributed by atoms with Crippen molar-refractivity contribution in [3.63, 3.8) is 0 Å². The third kappa shape index (κ3) is 1.81. The highest BCUT2D eigenvalue weighted by atomic mass is 79.9. The minimum atomic E-state index is 0.588. The van der Waals surface area contributed by atoms with Crippen molar-refractivity contribution in [2.24, 2.45) is 0 Å². The molecule has 0 unspecified atom stereocenters. The lowest BCUT2D eigenvalue weighted by Gasteiger charge is -2.04. The Hall–Kier alpha value is -1.16. The predicted molar refractivity (Wildman–Crippen MR) is 63.9 cm³/mol. The van der Waals surface area contributed by atoms with E-state index in [0.717, 1.165) is 21.3 Å². The molecule has 1 aromatic carbocycles. The topological polar surface area (TPSA) is 37.8 Å². The Balaban J connectivity index is 2.07. The van der Waals surface area contributed by atoms with E-state index in [0.29, 0.717) is 6.04 Å². The number of para-hydroxylation sites is 1. The number of nitrogens with zero attached hydrogens (tertiary/aromatic N) is 2. The van der Waals surface area contributed by atoms with Crippen molar-refractivity contribution in [1.29, 1.82) is 0 Å². The van der Waals surface area contributed by atoms with Gasteiger partial charge >= 0.3 is 0 Å². The molecule has 1 N–H and O–H groups in total. The molecule has 4 heteroatoms. The first-order valence-electron chi connectivity index (χ1n) is 5.01. The number of anilines is 1. The van der Waals surface area contributed by atoms with Gasteiger partial charge in [-0.3, -0.25) is 0 Å². The van der Waals surface area contributed by atoms with Gasteiger partial charge in [-0.25, -0.2) is 9.97 Å². The maximum Gasteiger partial charge on any atom is 0.223 e. The van der Waals surface area contributed by atoms with Gasteiger partial charge in [0.2, 0.25) is 5.95 Å². The summed E-state index contributed by atoms with van der Waals surface area (Å²) in [5.41, 5.74) is 0.968. The third-order valence-electron chi connectivity index (χ3n) is 2.47. The van der Waals surface area contributed by atoms with Crippen LogP contribution in [0.3, 0.4) is 0 Å². The summed E-state index contributed by atoms with van der Waals surface area (Å²) in [7, 11) is 0. The first-order valence-corrected chi connectivity index (χ1v) is 5.80. The summed E-state index contributed by atoms with van der Waals surface area (Å²) < 4.78 is 1.02. The van der Waals surface area contributed by atoms with Crippen molar-refractivity contribution in [3.05, 3.63) is 28.9 Å². The lowest BCUT2D eigenvalue weighted by atomic mass is 10.2. The zero-order chi connectivity index (χ0) is 10.3. The summed E-state index contributed by atoms with van der Waals surface area (Å²) in [4.78, 5) is 8.77. The van der Waals surface area contributed by atoms with Crippen LogP contribution in [0, 0.1) is 0 Å². The number of aromatic nitrogens is 2. The molecular weight excluding hydrogens is 254 g/mol. The van der Waals surface area contributed by atoms with Crippen LogP contribution in [-0.4, -0.2) is 16.0 Å². The van der Waals surface area contributed by atoms with Crippen LogP contribution in [0.5, 0.6) is 0 Å². The van der Waals surface area contributed by atoms with E-state index in [9.17, 15) is 0 Å². The molecular formula is C11H10BrN3. The number of benzene rings is 1. The van der Waals surface area contributed by atoms with Gasteiger partial charge in [0.25, 0.3) is 0 Å². The van der Waals surface area contributed by atoms with Crippen molar-refractivity contribution in [2.75, 3.05) is 5.32 Å². The highest BCUT2D eigenvalue weighted by Crippen LogP contribution is 2.25. The summed E-state index contributed by atoms with van der Waals surface area (Å²) in [5.74, 6) is 0.733. The molecule has 0 radical (unpaired) electrons. The van der Waals surface area contributed by atoms with Crippen molar-refractivity contribution in [1.82, 2.24) is 9.97 Å². The highest BCUT2D eigenvalue weighted by Gasteiger charge is 2.21. The average molecular weight is 264 g/mol. The average Bonchev–Trinajstić information content (AvgIpc) is 3.03. The number of halogens is 1. The summed E-state index contributed by atoms with van der Waals surface area (Å²) >= 11 is 3.49. The Labute approximate surface area is 96.1 Å². The van der Waals surface area contributed by atoms with E-state index in [4.69, 9.17) is 0 Å². The molecule has 0 bridgehead atoms. The Bertz CT molecular complexity index is 508. The van der Waals surface area contributed by atoms with Gasteiger partial charge in [0.15, 0.2) is 0 Å². The molecule has 1 saturated carbocycles. The standard InChI is InChI=1S/C11H10BrN3/c12-9-3-1-2-7-6-13-11(15-10(7)9)14-8-4-5-8/h1-3,6,8H,4-5H2,(H,13,14,15). The molecule has 1 fully saturated rings. The van der Waals surface area contributed by atoms with Crippen LogP contribution in [-0.2, 0) is 0 Å². The van der Waals surface area contributed by atoms with E-state index in [-0.39, 0.29) is 0 Å². The van der Waals surface area contributed by atoms with E-state index in [1.165, 1.54) is 12.8 Å². The molecule has 0 spiro atoms. The lowest BCUT2D eigenvalue weighted by Crippen LogP contribution is -2.05. The summed E-state index contributed by atoms with van der Waals surface area (Å²) in [6.07, 6.45) is 4.33. The van der Waals surface area contributed by atoms with E-state index in [2.05, 4.69) is 31.2 Å². The first kappa shape index (κ1) is 9.09. The highest BCUT2D eigenvalue weighted by molar-refractivity contribution is 9.10. The maximum absolute atomic E-state index is 4.49. The van der Waals surface area contributed by atoms with Crippen LogP contribution >= 0.6 is 15.9 Å². The van der Waals surface area contributed by atoms with Gasteiger partial charge in [0, 0.05) is 22.1 Å². The van der Waals surface area contributed by atoms with Gasteiger partial charge in [-0.1, -0.05) is 12.1 Å². The van der Waals surface area contributed by atoms with Crippen molar-refractivity contribution in [3.8, 4) is 0 Å². The minimum Gasteiger partial charge on any atom is -0.351 e. The largest absolute Gasteiger partial charge is 0.351 e. The number of hydrogen-bond acceptors (Lipinski definition) is 3. The monoisotopic (exact) mass is 263 g/mol. The van der Waals surface area contributed by atoms with E-state index in [1.54, 1.807) is 0 Å². The zero-order valence-electron chi connectivity index (χ0n) is 8.07. The summed E-state index contributed by atoms with van der Waals surface area (Å²) in [6, 6.07) is 6.59. The second-order valence-corrected chi connectivity index (χ2v) is 4.64. The number of rotatable bonds is 2. The quantitative estimate of drug-likeness (QED) is 0.906. The van der Waals surface area contributed by atoms with Gasteiger partial charge in [0.05, 0.1) is 5.52 Å². The number of nitrogens with one attached hydrogen (secondary N) is 1. The SMILES string of the molecule is Brc1cccc2cnc(NC3CC3)nc12. The Morgan fingerprint density at radius 3 is 3.00 bits per heavy atom. The molecule has 0 aliphatic heterocycles. The Morgan fingerprint density at radius 2 is 2.20 bits per heavy atom. The summed E-state index contributed by atoms with van der Waals surface area (Å²) in [6.45, 7) is 0. The molecule has 1 aliphatic rings. The molecule has 3 nitrogen and oxygen atoms in total. The van der Waals surface area contributed by atoms with E-state index < -0.39 is 0 Å². The second-order valence-electron chi connectivity index (χ2n) is 3.79. The molecule has 0 saturated heterocycles. The van der Waals surface area contributed by atoms with Crippen LogP contribution in [0.15, 0.2) is 28.9 Å². The first-order chi connectivity index (χ1) is 7.33. The number of fused-ring (bicyclic) bond motifs is 1. The molecule has 1 aromatic heterocycles. The Kier molecular flexibility index (Phi) is 2.09. The van der Waals surface area contributed by atoms with Crippen molar-refractivity contribution in [2.45, 2.75) is 18.9 Å². The minimum absolute atomic E-state index is 0.588. The van der Waals surface area contributed by atoms with Crippen LogP contribution < -0.4 is 5.32 Å². The fourth-order valence-electron chi connectivity index (χ4n) is 1.50. The van der Waals surface area contributed by atoms with Gasteiger partial charge in [-0.15, -0.1) is 0 Å². The molecule has 1 aliphatic carbocycles. The van der Waals surface area contributed by atoms with E-state index >= 15 is 0 Å². The fourth-order valence-corrected chi connectivity index (χ4v) is 1.97. The predicted octanol–water partition coefficient (Wildman–Crippen LogP) is 2.97. The normalized spacial score (nSPS) is 15.5. The molecule has 15 heavy (non-hydrogen) atoms. The molecule has 0 amide bonds. The van der Waals surface area contributed by atoms with Crippen LogP contribution in [0.4, 0.5) is 5.95 Å². The van der Waals surface area contributed by atoms with Crippen LogP contribution in [0.1, 0.15) is 12.8 Å². The van der Waals surface area contributed by atoms with Gasteiger partial charge in [-0.05, 0) is 34.8 Å². The van der Waals surface area contributed by atoms with Gasteiger partial charge in [0.1, 0.15) is 0 Å². The lowest BCUT2D eigenvalue weighted by molar-refractivity contribution is 1.07. The molecule has 3 rings (SSSR count). The summed E-state index contributed by atoms with van der Waals surface area (Å²) in [5, 5.41) is 4.35. The zero-order valence-corrected chi connectivity index (χ0v) is 9.66. The van der Waals surface area contributed by atoms with Gasteiger partial charge < -0.3 is 5.32 Å². The molecule has 1 heterocycles. The van der Waals surface area contributed by atoms with Crippen molar-refractivity contribution < 1.29 is 0 Å². The van der Waals surface area contributed by atoms with Gasteiger partial charge in [-0.2, -0.15) is 0 Å². The van der Waals surface area contributed by atoms with Crippen LogP contribution in [0.2, 0.25) is 0 Å². The maximum atomic E-state index is 4.49. The van der Waals surface area contributed by atoms with Crippen LogP contribution in [0.25, 0.3) is 10.9 Å². The number of hydrogen-bond donors (Lipinski definition) is 1. The smallest absolute Gasteiger partial charge is 0.223 e.